The van der Waals surface area contributed by atoms with Gasteiger partial charge in [-0.2, -0.15) is 0 Å². The van der Waals surface area contributed by atoms with E-state index in [1.807, 2.05) is 6.07 Å². The minimum Gasteiger partial charge on any atom is -0.341 e. The monoisotopic (exact) mass is 418 g/mol. The Morgan fingerprint density at radius 3 is 2.37 bits per heavy atom. The van der Waals surface area contributed by atoms with Crippen molar-refractivity contribution < 1.29 is 17.6 Å². The molecule has 2 heterocycles. The zero-order valence-corrected chi connectivity index (χ0v) is 17.3. The van der Waals surface area contributed by atoms with Crippen molar-refractivity contribution in [1.82, 2.24) is 10.2 Å². The number of amides is 1. The lowest BCUT2D eigenvalue weighted by molar-refractivity contribution is -0.136. The minimum absolute atomic E-state index is 0. The average molecular weight is 419 g/mol. The van der Waals surface area contributed by atoms with E-state index in [-0.39, 0.29) is 24.1 Å². The number of likely N-dealkylation sites (tertiary alicyclic amines) is 1. The molecule has 1 amide bonds. The Morgan fingerprint density at radius 1 is 1.22 bits per heavy atom. The fraction of sp³-hybridized carbons (Fsp3) is 0.632. The van der Waals surface area contributed by atoms with Crippen LogP contribution in [0.15, 0.2) is 24.3 Å². The number of nitrogens with one attached hydrogen (secondary N) is 1. The summed E-state index contributed by atoms with van der Waals surface area (Å²) in [4.78, 5) is 14.8. The van der Waals surface area contributed by atoms with E-state index in [2.05, 4.69) is 5.32 Å². The Hall–Kier alpha value is -1.18. The van der Waals surface area contributed by atoms with Crippen LogP contribution in [-0.2, 0) is 21.1 Å². The van der Waals surface area contributed by atoms with Crippen molar-refractivity contribution in [2.45, 2.75) is 36.9 Å². The van der Waals surface area contributed by atoms with Gasteiger partial charge >= 0.3 is 0 Å². The van der Waals surface area contributed by atoms with Crippen molar-refractivity contribution in [2.24, 2.45) is 5.92 Å². The molecule has 1 aromatic carbocycles. The lowest BCUT2D eigenvalue weighted by atomic mass is 9.88. The van der Waals surface area contributed by atoms with Crippen LogP contribution in [-0.4, -0.2) is 56.4 Å². The summed E-state index contributed by atoms with van der Waals surface area (Å²) in [6.07, 6.45) is 4.06. The van der Waals surface area contributed by atoms with Crippen LogP contribution in [0, 0.1) is 11.7 Å². The number of nitrogens with zero attached hydrogens (tertiary/aromatic N) is 1. The van der Waals surface area contributed by atoms with Gasteiger partial charge in [0.1, 0.15) is 5.82 Å². The Morgan fingerprint density at radius 2 is 1.81 bits per heavy atom. The Balaban J connectivity index is 0.00000261. The molecule has 0 radical (unpaired) electrons. The number of rotatable bonds is 4. The third kappa shape index (κ3) is 4.63. The van der Waals surface area contributed by atoms with E-state index in [4.69, 9.17) is 0 Å². The van der Waals surface area contributed by atoms with E-state index in [0.717, 1.165) is 12.8 Å². The summed E-state index contributed by atoms with van der Waals surface area (Å²) in [5.41, 5.74) is 0.711. The summed E-state index contributed by atoms with van der Waals surface area (Å²) in [6.45, 7) is 2.18. The van der Waals surface area contributed by atoms with Gasteiger partial charge in [0.2, 0.25) is 5.91 Å². The molecule has 2 aliphatic rings. The first-order chi connectivity index (χ1) is 12.3. The van der Waals surface area contributed by atoms with Gasteiger partial charge in [-0.25, -0.2) is 12.8 Å². The third-order valence-electron chi connectivity index (χ3n) is 5.88. The molecule has 1 aromatic rings. The van der Waals surface area contributed by atoms with Crippen molar-refractivity contribution in [3.05, 3.63) is 35.6 Å². The molecule has 0 aliphatic carbocycles. The number of hydrogen-bond donors (Lipinski definition) is 1. The standard InChI is InChI=1S/C19H27FN2O3S.ClH/c1-26(24,25)19(8-10-21-11-9-19)18(23)22-12-6-15(7-13-22)14-16-4-2-3-5-17(16)20;/h2-5,15,21H,6-14H2,1H3;1H. The third-order valence-corrected chi connectivity index (χ3v) is 7.88. The van der Waals surface area contributed by atoms with Gasteiger partial charge in [0, 0.05) is 19.3 Å². The maximum absolute atomic E-state index is 13.8. The molecule has 0 bridgehead atoms. The summed E-state index contributed by atoms with van der Waals surface area (Å²) < 4.78 is 37.4. The predicted molar refractivity (Wildman–Crippen MR) is 106 cm³/mol. The molecule has 5 nitrogen and oxygen atoms in total. The maximum Gasteiger partial charge on any atom is 0.244 e. The summed E-state index contributed by atoms with van der Waals surface area (Å²) in [5, 5.41) is 3.14. The van der Waals surface area contributed by atoms with Crippen LogP contribution in [0.5, 0.6) is 0 Å². The molecular formula is C19H28ClFN2O3S. The first-order valence-corrected chi connectivity index (χ1v) is 11.2. The lowest BCUT2D eigenvalue weighted by Gasteiger charge is -2.41. The molecule has 2 aliphatic heterocycles. The summed E-state index contributed by atoms with van der Waals surface area (Å²) >= 11 is 0. The zero-order chi connectivity index (χ0) is 18.8. The summed E-state index contributed by atoms with van der Waals surface area (Å²) in [7, 11) is -3.48. The fourth-order valence-corrected chi connectivity index (χ4v) is 5.57. The molecule has 0 aromatic heterocycles. The Kier molecular flexibility index (Phi) is 7.27. The van der Waals surface area contributed by atoms with Crippen molar-refractivity contribution >= 4 is 28.2 Å². The SMILES string of the molecule is CS(=O)(=O)C1(C(=O)N2CCC(Cc3ccccc3F)CC2)CCNCC1.Cl. The summed E-state index contributed by atoms with van der Waals surface area (Å²) in [6, 6.07) is 6.80. The molecule has 27 heavy (non-hydrogen) atoms. The molecule has 1 N–H and O–H groups in total. The van der Waals surface area contributed by atoms with E-state index >= 15 is 0 Å². The number of sulfone groups is 1. The van der Waals surface area contributed by atoms with Crippen molar-refractivity contribution in [1.29, 1.82) is 0 Å². The summed E-state index contributed by atoms with van der Waals surface area (Å²) in [5.74, 6) is -0.110. The fourth-order valence-electron chi connectivity index (χ4n) is 4.18. The molecule has 0 spiro atoms. The van der Waals surface area contributed by atoms with Gasteiger partial charge < -0.3 is 10.2 Å². The molecule has 3 rings (SSSR count). The number of carbonyl (C=O) groups is 1. The van der Waals surface area contributed by atoms with Gasteiger partial charge in [-0.3, -0.25) is 4.79 Å². The Bertz CT molecular complexity index is 758. The highest BCUT2D eigenvalue weighted by molar-refractivity contribution is 7.92. The molecule has 0 atom stereocenters. The van der Waals surface area contributed by atoms with Crippen LogP contribution in [0.25, 0.3) is 0 Å². The first-order valence-electron chi connectivity index (χ1n) is 9.26. The highest BCUT2D eigenvalue weighted by Gasteiger charge is 2.50. The van der Waals surface area contributed by atoms with Gasteiger partial charge in [0.15, 0.2) is 14.6 Å². The maximum atomic E-state index is 13.8. The van der Waals surface area contributed by atoms with Crippen LogP contribution in [0.1, 0.15) is 31.2 Å². The van der Waals surface area contributed by atoms with Gasteiger partial charge in [-0.1, -0.05) is 18.2 Å². The van der Waals surface area contributed by atoms with Crippen molar-refractivity contribution in [3.63, 3.8) is 0 Å². The molecule has 0 unspecified atom stereocenters. The van der Waals surface area contributed by atoms with Crippen molar-refractivity contribution in [2.75, 3.05) is 32.4 Å². The lowest BCUT2D eigenvalue weighted by Crippen LogP contribution is -2.59. The van der Waals surface area contributed by atoms with Gasteiger partial charge in [0.05, 0.1) is 0 Å². The highest BCUT2D eigenvalue weighted by atomic mass is 35.5. The molecule has 0 saturated carbocycles. The van der Waals surface area contributed by atoms with Gasteiger partial charge in [-0.05, 0) is 62.7 Å². The van der Waals surface area contributed by atoms with Crippen LogP contribution < -0.4 is 5.32 Å². The normalized spacial score (nSPS) is 20.7. The van der Waals surface area contributed by atoms with E-state index in [1.54, 1.807) is 17.0 Å². The second-order valence-corrected chi connectivity index (χ2v) is 9.87. The predicted octanol–water partition coefficient (Wildman–Crippen LogP) is 2.20. The topological polar surface area (TPSA) is 66.5 Å². The quantitative estimate of drug-likeness (QED) is 0.814. The van der Waals surface area contributed by atoms with Crippen molar-refractivity contribution in [3.8, 4) is 0 Å². The van der Waals surface area contributed by atoms with Crippen LogP contribution in [0.3, 0.4) is 0 Å². The van der Waals surface area contributed by atoms with E-state index in [1.165, 1.54) is 12.3 Å². The van der Waals surface area contributed by atoms with E-state index < -0.39 is 14.6 Å². The average Bonchev–Trinajstić information content (AvgIpc) is 2.63. The molecule has 152 valence electrons. The van der Waals surface area contributed by atoms with E-state index in [9.17, 15) is 17.6 Å². The highest BCUT2D eigenvalue weighted by Crippen LogP contribution is 2.32. The van der Waals surface area contributed by atoms with Gasteiger partial charge in [0.25, 0.3) is 0 Å². The molecule has 8 heteroatoms. The first kappa shape index (κ1) is 22.1. The Labute approximate surface area is 167 Å². The molecular weight excluding hydrogens is 391 g/mol. The second-order valence-electron chi connectivity index (χ2n) is 7.55. The number of hydrogen-bond acceptors (Lipinski definition) is 4. The number of halogens is 2. The second kappa shape index (κ2) is 8.88. The van der Waals surface area contributed by atoms with Gasteiger partial charge in [-0.15, -0.1) is 12.4 Å². The molecule has 2 saturated heterocycles. The smallest absolute Gasteiger partial charge is 0.244 e. The number of benzene rings is 1. The number of carbonyl (C=O) groups excluding carboxylic acids is 1. The van der Waals surface area contributed by atoms with Crippen LogP contribution >= 0.6 is 12.4 Å². The van der Waals surface area contributed by atoms with Crippen LogP contribution in [0.2, 0.25) is 0 Å². The zero-order valence-electron chi connectivity index (χ0n) is 15.6. The number of piperidine rings is 2. The van der Waals surface area contributed by atoms with Crippen LogP contribution in [0.4, 0.5) is 4.39 Å². The molecule has 2 fully saturated rings. The van der Waals surface area contributed by atoms with E-state index in [0.29, 0.717) is 56.9 Å². The minimum atomic E-state index is -3.48. The largest absolute Gasteiger partial charge is 0.341 e.